The van der Waals surface area contributed by atoms with Gasteiger partial charge in [-0.1, -0.05) is 13.8 Å². The fraction of sp³-hybridized carbons (Fsp3) is 0.667. The highest BCUT2D eigenvalue weighted by molar-refractivity contribution is 5.25. The van der Waals surface area contributed by atoms with Crippen molar-refractivity contribution in [2.45, 2.75) is 37.6 Å². The molecule has 0 saturated heterocycles. The van der Waals surface area contributed by atoms with Gasteiger partial charge in [0.2, 0.25) is 0 Å². The molecule has 66 valence electrons. The van der Waals surface area contributed by atoms with Gasteiger partial charge in [0.1, 0.15) is 0 Å². The molecule has 0 radical (unpaired) electrons. The van der Waals surface area contributed by atoms with Crippen LogP contribution in [0.2, 0.25) is 0 Å². The lowest BCUT2D eigenvalue weighted by molar-refractivity contribution is 0.380. The van der Waals surface area contributed by atoms with Gasteiger partial charge >= 0.3 is 0 Å². The van der Waals surface area contributed by atoms with Crippen molar-refractivity contribution < 1.29 is 0 Å². The van der Waals surface area contributed by atoms with Gasteiger partial charge in [-0.15, -0.1) is 0 Å². The zero-order valence-corrected chi connectivity index (χ0v) is 7.59. The van der Waals surface area contributed by atoms with Gasteiger partial charge in [0, 0.05) is 22.8 Å². The summed E-state index contributed by atoms with van der Waals surface area (Å²) in [6.07, 6.45) is 4.03. The highest BCUT2D eigenvalue weighted by Crippen LogP contribution is 2.48. The number of aromatic nitrogens is 2. The number of nitrogens with one attached hydrogen (secondary N) is 1. The molecule has 1 aliphatic rings. The molecule has 12 heavy (non-hydrogen) atoms. The van der Waals surface area contributed by atoms with Gasteiger partial charge in [-0.25, -0.2) is 0 Å². The van der Waals surface area contributed by atoms with Gasteiger partial charge in [0.05, 0.1) is 0 Å². The molecular weight excluding hydrogens is 150 g/mol. The number of aromatic amines is 1. The molecule has 1 fully saturated rings. The number of nitrogens with two attached hydrogens (primary N) is 1. The minimum Gasteiger partial charge on any atom is -0.324 e. The molecule has 1 heterocycles. The quantitative estimate of drug-likeness (QED) is 0.691. The second kappa shape index (κ2) is 2.10. The van der Waals surface area contributed by atoms with E-state index in [4.69, 9.17) is 5.73 Å². The van der Waals surface area contributed by atoms with Crippen LogP contribution >= 0.6 is 0 Å². The van der Waals surface area contributed by atoms with Crippen LogP contribution in [0.15, 0.2) is 12.3 Å². The lowest BCUT2D eigenvalue weighted by atomic mass is 9.79. The predicted octanol–water partition coefficient (Wildman–Crippen LogP) is 1.18. The van der Waals surface area contributed by atoms with Crippen LogP contribution in [-0.2, 0) is 5.41 Å². The van der Waals surface area contributed by atoms with Crippen molar-refractivity contribution in [2.75, 3.05) is 0 Å². The smallest absolute Gasteiger partial charge is 0.0490 e. The van der Waals surface area contributed by atoms with E-state index >= 15 is 0 Å². The summed E-state index contributed by atoms with van der Waals surface area (Å²) >= 11 is 0. The Morgan fingerprint density at radius 3 is 2.67 bits per heavy atom. The minimum atomic E-state index is -0.000463. The van der Waals surface area contributed by atoms with Crippen molar-refractivity contribution in [2.24, 2.45) is 5.73 Å². The van der Waals surface area contributed by atoms with E-state index in [1.54, 1.807) is 6.20 Å². The van der Waals surface area contributed by atoms with Gasteiger partial charge < -0.3 is 5.73 Å². The van der Waals surface area contributed by atoms with E-state index in [1.807, 2.05) is 6.07 Å². The maximum Gasteiger partial charge on any atom is 0.0490 e. The summed E-state index contributed by atoms with van der Waals surface area (Å²) in [6.45, 7) is 4.35. The van der Waals surface area contributed by atoms with Gasteiger partial charge in [0.15, 0.2) is 0 Å². The summed E-state index contributed by atoms with van der Waals surface area (Å²) in [5.41, 5.74) is 7.34. The van der Waals surface area contributed by atoms with Gasteiger partial charge in [-0.2, -0.15) is 5.10 Å². The van der Waals surface area contributed by atoms with Crippen LogP contribution in [-0.4, -0.2) is 15.7 Å². The van der Waals surface area contributed by atoms with Crippen LogP contribution in [0.1, 0.15) is 32.4 Å². The number of H-pyrrole nitrogens is 1. The average Bonchev–Trinajstić information content (AvgIpc) is 2.59. The van der Waals surface area contributed by atoms with Crippen molar-refractivity contribution >= 4 is 0 Å². The lowest BCUT2D eigenvalue weighted by Crippen LogP contribution is -2.43. The Labute approximate surface area is 72.4 Å². The van der Waals surface area contributed by atoms with Crippen molar-refractivity contribution in [3.05, 3.63) is 18.0 Å². The molecule has 0 atom stereocenters. The molecule has 0 spiro atoms. The van der Waals surface area contributed by atoms with E-state index < -0.39 is 0 Å². The molecule has 1 aromatic rings. The van der Waals surface area contributed by atoms with E-state index in [0.29, 0.717) is 0 Å². The Hall–Kier alpha value is -0.830. The second-order valence-corrected chi connectivity index (χ2v) is 4.25. The van der Waals surface area contributed by atoms with Crippen molar-refractivity contribution in [3.8, 4) is 0 Å². The monoisotopic (exact) mass is 165 g/mol. The molecule has 0 aromatic carbocycles. The maximum atomic E-state index is 6.17. The largest absolute Gasteiger partial charge is 0.324 e. The summed E-state index contributed by atoms with van der Waals surface area (Å²) in [6, 6.07) is 2.01. The zero-order valence-electron chi connectivity index (χ0n) is 7.59. The van der Waals surface area contributed by atoms with Gasteiger partial charge in [0.25, 0.3) is 0 Å². The van der Waals surface area contributed by atoms with Crippen molar-refractivity contribution in [1.29, 1.82) is 0 Å². The number of hydrogen-bond acceptors (Lipinski definition) is 2. The fourth-order valence-electron chi connectivity index (χ4n) is 1.63. The summed E-state index contributed by atoms with van der Waals surface area (Å²) < 4.78 is 0. The maximum absolute atomic E-state index is 6.17. The molecule has 0 bridgehead atoms. The highest BCUT2D eigenvalue weighted by atomic mass is 15.1. The predicted molar refractivity (Wildman–Crippen MR) is 47.8 cm³/mol. The molecule has 1 aromatic heterocycles. The van der Waals surface area contributed by atoms with Gasteiger partial charge in [-0.05, 0) is 18.9 Å². The first kappa shape index (κ1) is 7.80. The van der Waals surface area contributed by atoms with Crippen molar-refractivity contribution in [3.63, 3.8) is 0 Å². The van der Waals surface area contributed by atoms with Crippen LogP contribution in [0.25, 0.3) is 0 Å². The molecule has 3 N–H and O–H groups in total. The van der Waals surface area contributed by atoms with Crippen LogP contribution in [0.4, 0.5) is 0 Å². The van der Waals surface area contributed by atoms with Crippen LogP contribution in [0.3, 0.4) is 0 Å². The van der Waals surface area contributed by atoms with Crippen molar-refractivity contribution in [1.82, 2.24) is 10.2 Å². The summed E-state index contributed by atoms with van der Waals surface area (Å²) in [7, 11) is 0. The Bertz CT molecular complexity index is 270. The lowest BCUT2D eigenvalue weighted by Gasteiger charge is -2.30. The normalized spacial score (nSPS) is 20.9. The topological polar surface area (TPSA) is 54.7 Å². The van der Waals surface area contributed by atoms with Crippen LogP contribution in [0, 0.1) is 0 Å². The molecule has 0 unspecified atom stereocenters. The third-order valence-corrected chi connectivity index (χ3v) is 3.21. The minimum absolute atomic E-state index is 0.000463. The summed E-state index contributed by atoms with van der Waals surface area (Å²) in [5, 5.41) is 6.94. The third kappa shape index (κ3) is 0.894. The molecule has 1 aliphatic carbocycles. The molecule has 3 heteroatoms. The highest BCUT2D eigenvalue weighted by Gasteiger charge is 2.52. The van der Waals surface area contributed by atoms with Gasteiger partial charge in [-0.3, -0.25) is 5.10 Å². The Kier molecular flexibility index (Phi) is 1.37. The Morgan fingerprint density at radius 1 is 1.58 bits per heavy atom. The molecular formula is C9H15N3. The first-order valence-electron chi connectivity index (χ1n) is 4.35. The van der Waals surface area contributed by atoms with Crippen LogP contribution < -0.4 is 5.73 Å². The number of nitrogens with zero attached hydrogens (tertiary/aromatic N) is 1. The number of rotatable bonds is 2. The van der Waals surface area contributed by atoms with E-state index in [-0.39, 0.29) is 11.0 Å². The Morgan fingerprint density at radius 2 is 2.25 bits per heavy atom. The van der Waals surface area contributed by atoms with E-state index in [0.717, 1.165) is 18.5 Å². The molecule has 1 saturated carbocycles. The average molecular weight is 165 g/mol. The Balaban J connectivity index is 2.33. The van der Waals surface area contributed by atoms with E-state index in [2.05, 4.69) is 24.0 Å². The van der Waals surface area contributed by atoms with E-state index in [1.165, 1.54) is 0 Å². The second-order valence-electron chi connectivity index (χ2n) is 4.25. The third-order valence-electron chi connectivity index (χ3n) is 3.21. The SMILES string of the molecule is CC(C)(c1ccn[nH]1)C1(N)CC1. The molecule has 2 rings (SSSR count). The first-order valence-corrected chi connectivity index (χ1v) is 4.35. The van der Waals surface area contributed by atoms with E-state index in [9.17, 15) is 0 Å². The molecule has 3 nitrogen and oxygen atoms in total. The standard InChI is InChI=1S/C9H15N3/c1-8(2,9(10)4-5-9)7-3-6-11-12-7/h3,6H,4-5,10H2,1-2H3,(H,11,12). The summed E-state index contributed by atoms with van der Waals surface area (Å²) in [4.78, 5) is 0. The first-order chi connectivity index (χ1) is 5.56. The number of hydrogen-bond donors (Lipinski definition) is 2. The zero-order chi connectivity index (χ0) is 8.82. The summed E-state index contributed by atoms with van der Waals surface area (Å²) in [5.74, 6) is 0. The molecule has 0 aliphatic heterocycles. The fourth-order valence-corrected chi connectivity index (χ4v) is 1.63. The van der Waals surface area contributed by atoms with Crippen LogP contribution in [0.5, 0.6) is 0 Å². The molecule has 0 amide bonds.